The number of anilines is 1. The number of rotatable bonds is 11. The number of hydrogen-bond acceptors (Lipinski definition) is 4. The first-order valence-corrected chi connectivity index (χ1v) is 14.3. The summed E-state index contributed by atoms with van der Waals surface area (Å²) in [6.07, 6.45) is 1.24. The summed E-state index contributed by atoms with van der Waals surface area (Å²) in [5.74, 6) is -1.36. The van der Waals surface area contributed by atoms with E-state index in [0.717, 1.165) is 20.6 Å². The van der Waals surface area contributed by atoms with E-state index in [4.69, 9.17) is 0 Å². The van der Waals surface area contributed by atoms with Crippen LogP contribution in [0, 0.1) is 5.82 Å². The van der Waals surface area contributed by atoms with Crippen molar-refractivity contribution in [2.24, 2.45) is 0 Å². The Morgan fingerprint density at radius 3 is 2.14 bits per heavy atom. The molecule has 3 rings (SSSR count). The standard InChI is InChI=1S/C27H29BrFN3O4S/c1-3-30-27(34)25(17-20-7-5-4-6-8-20)31(18-21-9-13-23(29)14-10-21)26(33)19-32(37(2,35)36)24-15-11-22(28)12-16-24/h4-16,25H,3,17-19H2,1-2H3,(H,30,34). The molecule has 0 aliphatic heterocycles. The van der Waals surface area contributed by atoms with E-state index >= 15 is 0 Å². The van der Waals surface area contributed by atoms with Crippen LogP contribution in [-0.2, 0) is 32.6 Å². The van der Waals surface area contributed by atoms with Gasteiger partial charge in [-0.3, -0.25) is 13.9 Å². The third kappa shape index (κ3) is 8.13. The lowest BCUT2D eigenvalue weighted by atomic mass is 10.0. The molecule has 1 atom stereocenters. The number of sulfonamides is 1. The number of amides is 2. The molecule has 1 N–H and O–H groups in total. The molecule has 0 spiro atoms. The summed E-state index contributed by atoms with van der Waals surface area (Å²) in [6.45, 7) is 1.62. The summed E-state index contributed by atoms with van der Waals surface area (Å²) in [5, 5.41) is 2.79. The zero-order chi connectivity index (χ0) is 27.0. The summed E-state index contributed by atoms with van der Waals surface area (Å²) in [6, 6.07) is 20.5. The van der Waals surface area contributed by atoms with E-state index < -0.39 is 34.3 Å². The van der Waals surface area contributed by atoms with Crippen LogP contribution in [0.15, 0.2) is 83.3 Å². The molecule has 0 fully saturated rings. The molecule has 3 aromatic carbocycles. The van der Waals surface area contributed by atoms with Crippen LogP contribution < -0.4 is 9.62 Å². The Labute approximate surface area is 225 Å². The maximum absolute atomic E-state index is 13.8. The van der Waals surface area contributed by atoms with Crippen LogP contribution in [0.5, 0.6) is 0 Å². The topological polar surface area (TPSA) is 86.8 Å². The largest absolute Gasteiger partial charge is 0.355 e. The molecule has 0 aromatic heterocycles. The summed E-state index contributed by atoms with van der Waals surface area (Å²) >= 11 is 3.33. The number of likely N-dealkylation sites (N-methyl/N-ethyl adjacent to an activating group) is 1. The van der Waals surface area contributed by atoms with Crippen molar-refractivity contribution in [2.75, 3.05) is 23.7 Å². The average Bonchev–Trinajstić information content (AvgIpc) is 2.86. The molecule has 196 valence electrons. The third-order valence-electron chi connectivity index (χ3n) is 5.68. The lowest BCUT2D eigenvalue weighted by Gasteiger charge is -2.33. The van der Waals surface area contributed by atoms with E-state index in [1.54, 1.807) is 31.2 Å². The zero-order valence-electron chi connectivity index (χ0n) is 20.6. The number of hydrogen-bond donors (Lipinski definition) is 1. The second kappa shape index (κ2) is 12.8. The molecule has 0 saturated carbocycles. The lowest BCUT2D eigenvalue weighted by molar-refractivity contribution is -0.140. The fourth-order valence-corrected chi connectivity index (χ4v) is 4.97. The van der Waals surface area contributed by atoms with Crippen LogP contribution in [0.2, 0.25) is 0 Å². The van der Waals surface area contributed by atoms with Gasteiger partial charge >= 0.3 is 0 Å². The molecule has 0 radical (unpaired) electrons. The predicted molar refractivity (Wildman–Crippen MR) is 146 cm³/mol. The van der Waals surface area contributed by atoms with Crippen molar-refractivity contribution >= 4 is 43.5 Å². The highest BCUT2D eigenvalue weighted by Gasteiger charge is 2.32. The Balaban J connectivity index is 2.02. The van der Waals surface area contributed by atoms with Crippen molar-refractivity contribution in [2.45, 2.75) is 25.9 Å². The Kier molecular flexibility index (Phi) is 9.82. The third-order valence-corrected chi connectivity index (χ3v) is 7.35. The Morgan fingerprint density at radius 1 is 0.946 bits per heavy atom. The molecular weight excluding hydrogens is 561 g/mol. The molecular formula is C27H29BrFN3O4S. The van der Waals surface area contributed by atoms with E-state index in [0.29, 0.717) is 17.8 Å². The van der Waals surface area contributed by atoms with E-state index in [1.807, 2.05) is 30.3 Å². The van der Waals surface area contributed by atoms with Gasteiger partial charge in [-0.2, -0.15) is 0 Å². The van der Waals surface area contributed by atoms with Gasteiger partial charge in [0.25, 0.3) is 0 Å². The van der Waals surface area contributed by atoms with E-state index in [2.05, 4.69) is 21.2 Å². The van der Waals surface area contributed by atoms with Crippen LogP contribution in [-0.4, -0.2) is 50.5 Å². The van der Waals surface area contributed by atoms with Crippen LogP contribution >= 0.6 is 15.9 Å². The molecule has 37 heavy (non-hydrogen) atoms. The van der Waals surface area contributed by atoms with Gasteiger partial charge < -0.3 is 10.2 Å². The molecule has 10 heteroatoms. The van der Waals surface area contributed by atoms with Gasteiger partial charge in [0.2, 0.25) is 21.8 Å². The Morgan fingerprint density at radius 2 is 1.57 bits per heavy atom. The summed E-state index contributed by atoms with van der Waals surface area (Å²) in [4.78, 5) is 28.4. The van der Waals surface area contributed by atoms with Crippen molar-refractivity contribution in [1.82, 2.24) is 10.2 Å². The number of halogens is 2. The molecule has 0 aliphatic rings. The number of nitrogens with zero attached hydrogens (tertiary/aromatic N) is 2. The van der Waals surface area contributed by atoms with Crippen molar-refractivity contribution in [3.8, 4) is 0 Å². The second-order valence-corrected chi connectivity index (χ2v) is 11.3. The number of benzene rings is 3. The smallest absolute Gasteiger partial charge is 0.244 e. The molecule has 0 aliphatic carbocycles. The van der Waals surface area contributed by atoms with Gasteiger partial charge in [0, 0.05) is 24.0 Å². The summed E-state index contributed by atoms with van der Waals surface area (Å²) in [5.41, 5.74) is 1.76. The first kappa shape index (κ1) is 28.3. The van der Waals surface area contributed by atoms with Gasteiger partial charge in [0.05, 0.1) is 11.9 Å². The van der Waals surface area contributed by atoms with Crippen molar-refractivity contribution in [3.05, 3.63) is 100 Å². The van der Waals surface area contributed by atoms with Gasteiger partial charge in [-0.15, -0.1) is 0 Å². The van der Waals surface area contributed by atoms with Crippen molar-refractivity contribution in [1.29, 1.82) is 0 Å². The molecule has 2 amide bonds. The SMILES string of the molecule is CCNC(=O)C(Cc1ccccc1)N(Cc1ccc(F)cc1)C(=O)CN(c1ccc(Br)cc1)S(C)(=O)=O. The minimum atomic E-state index is -3.83. The fourth-order valence-electron chi connectivity index (χ4n) is 3.85. The van der Waals surface area contributed by atoms with E-state index in [-0.39, 0.29) is 18.9 Å². The summed E-state index contributed by atoms with van der Waals surface area (Å²) in [7, 11) is -3.83. The zero-order valence-corrected chi connectivity index (χ0v) is 23.0. The van der Waals surface area contributed by atoms with Crippen LogP contribution in [0.1, 0.15) is 18.1 Å². The van der Waals surface area contributed by atoms with Crippen molar-refractivity contribution in [3.63, 3.8) is 0 Å². The number of carbonyl (C=O) groups excluding carboxylic acids is 2. The van der Waals surface area contributed by atoms with Crippen LogP contribution in [0.4, 0.5) is 10.1 Å². The van der Waals surface area contributed by atoms with Gasteiger partial charge in [-0.25, -0.2) is 12.8 Å². The molecule has 7 nitrogen and oxygen atoms in total. The predicted octanol–water partition coefficient (Wildman–Crippen LogP) is 4.13. The molecule has 0 bridgehead atoms. The van der Waals surface area contributed by atoms with Crippen LogP contribution in [0.25, 0.3) is 0 Å². The van der Waals surface area contributed by atoms with Gasteiger partial charge in [-0.05, 0) is 54.4 Å². The quantitative estimate of drug-likeness (QED) is 0.364. The van der Waals surface area contributed by atoms with Gasteiger partial charge in [0.1, 0.15) is 18.4 Å². The highest BCUT2D eigenvalue weighted by Crippen LogP contribution is 2.22. The first-order valence-electron chi connectivity index (χ1n) is 11.7. The highest BCUT2D eigenvalue weighted by molar-refractivity contribution is 9.10. The minimum absolute atomic E-state index is 0.00825. The lowest BCUT2D eigenvalue weighted by Crippen LogP contribution is -2.53. The number of nitrogens with one attached hydrogen (secondary N) is 1. The molecule has 0 heterocycles. The average molecular weight is 591 g/mol. The van der Waals surface area contributed by atoms with Gasteiger partial charge in [-0.1, -0.05) is 58.4 Å². The minimum Gasteiger partial charge on any atom is -0.355 e. The Hall–Kier alpha value is -3.24. The van der Waals surface area contributed by atoms with Gasteiger partial charge in [0.15, 0.2) is 0 Å². The molecule has 3 aromatic rings. The Bertz CT molecular complexity index is 1300. The van der Waals surface area contributed by atoms with Crippen molar-refractivity contribution < 1.29 is 22.4 Å². The monoisotopic (exact) mass is 589 g/mol. The van der Waals surface area contributed by atoms with E-state index in [9.17, 15) is 22.4 Å². The normalized spacial score (nSPS) is 12.0. The fraction of sp³-hybridized carbons (Fsp3) is 0.259. The van der Waals surface area contributed by atoms with E-state index in [1.165, 1.54) is 29.2 Å². The second-order valence-electron chi connectivity index (χ2n) is 8.49. The molecule has 0 saturated heterocycles. The van der Waals surface area contributed by atoms with Crippen LogP contribution in [0.3, 0.4) is 0 Å². The maximum Gasteiger partial charge on any atom is 0.244 e. The summed E-state index contributed by atoms with van der Waals surface area (Å²) < 4.78 is 40.7. The first-order chi connectivity index (χ1) is 17.6. The highest BCUT2D eigenvalue weighted by atomic mass is 79.9. The maximum atomic E-state index is 13.8. The molecule has 1 unspecified atom stereocenters. The number of carbonyl (C=O) groups is 2.